The molecule has 0 aliphatic heterocycles. The van der Waals surface area contributed by atoms with E-state index >= 15 is 0 Å². The molecule has 0 bridgehead atoms. The number of thiazole rings is 1. The lowest BCUT2D eigenvalue weighted by Gasteiger charge is -1.98. The van der Waals surface area contributed by atoms with E-state index in [2.05, 4.69) is 17.1 Å². The second kappa shape index (κ2) is 5.58. The van der Waals surface area contributed by atoms with Gasteiger partial charge in [0.2, 0.25) is 0 Å². The van der Waals surface area contributed by atoms with Crippen molar-refractivity contribution in [1.82, 2.24) is 4.98 Å². The molecule has 0 aliphatic rings. The molecular formula is C17H9N3S. The lowest BCUT2D eigenvalue weighted by molar-refractivity contribution is 1.39. The van der Waals surface area contributed by atoms with Crippen molar-refractivity contribution in [3.8, 4) is 34.0 Å². The summed E-state index contributed by atoms with van der Waals surface area (Å²) < 4.78 is 0. The van der Waals surface area contributed by atoms with Gasteiger partial charge in [-0.15, -0.1) is 11.3 Å². The van der Waals surface area contributed by atoms with Crippen LogP contribution in [0.3, 0.4) is 0 Å². The number of aromatic nitrogens is 1. The van der Waals surface area contributed by atoms with Gasteiger partial charge in [-0.1, -0.05) is 24.3 Å². The molecule has 0 radical (unpaired) electrons. The van der Waals surface area contributed by atoms with Gasteiger partial charge in [-0.3, -0.25) is 0 Å². The van der Waals surface area contributed by atoms with E-state index in [1.54, 1.807) is 12.1 Å². The quantitative estimate of drug-likeness (QED) is 0.709. The van der Waals surface area contributed by atoms with Crippen molar-refractivity contribution in [1.29, 1.82) is 10.5 Å². The molecule has 0 aliphatic carbocycles. The molecule has 3 rings (SSSR count). The van der Waals surface area contributed by atoms with Crippen LogP contribution in [-0.2, 0) is 0 Å². The highest BCUT2D eigenvalue weighted by Crippen LogP contribution is 2.29. The van der Waals surface area contributed by atoms with Gasteiger partial charge in [0, 0.05) is 16.5 Å². The van der Waals surface area contributed by atoms with E-state index in [4.69, 9.17) is 10.5 Å². The van der Waals surface area contributed by atoms with E-state index in [1.165, 1.54) is 11.3 Å². The molecule has 0 unspecified atom stereocenters. The number of hydrogen-bond donors (Lipinski definition) is 0. The van der Waals surface area contributed by atoms with Gasteiger partial charge < -0.3 is 0 Å². The Balaban J connectivity index is 2.00. The fraction of sp³-hybridized carbons (Fsp3) is 0. The Morgan fingerprint density at radius 3 is 2.14 bits per heavy atom. The maximum absolute atomic E-state index is 8.95. The predicted octanol–water partition coefficient (Wildman–Crippen LogP) is 4.22. The summed E-state index contributed by atoms with van der Waals surface area (Å²) in [6, 6.07) is 19.0. The molecule has 0 atom stereocenters. The van der Waals surface area contributed by atoms with Gasteiger partial charge in [-0.25, -0.2) is 4.98 Å². The first-order valence-electron chi connectivity index (χ1n) is 6.27. The van der Waals surface area contributed by atoms with Crippen LogP contribution in [0.4, 0.5) is 0 Å². The van der Waals surface area contributed by atoms with Crippen LogP contribution in [0.2, 0.25) is 0 Å². The van der Waals surface area contributed by atoms with Crippen LogP contribution in [0, 0.1) is 22.7 Å². The van der Waals surface area contributed by atoms with Gasteiger partial charge in [0.1, 0.15) is 5.01 Å². The molecule has 0 amide bonds. The Kier molecular flexibility index (Phi) is 3.47. The summed E-state index contributed by atoms with van der Waals surface area (Å²) in [5.41, 5.74) is 3.94. The van der Waals surface area contributed by atoms with E-state index in [1.807, 2.05) is 41.8 Å². The number of rotatable bonds is 2. The third-order valence-electron chi connectivity index (χ3n) is 3.03. The first kappa shape index (κ1) is 13.1. The first-order chi connectivity index (χ1) is 10.3. The average molecular weight is 287 g/mol. The second-order valence-electron chi connectivity index (χ2n) is 4.42. The fourth-order valence-corrected chi connectivity index (χ4v) is 2.83. The molecule has 3 nitrogen and oxygen atoms in total. The van der Waals surface area contributed by atoms with E-state index < -0.39 is 0 Å². The average Bonchev–Trinajstić information content (AvgIpc) is 3.05. The highest BCUT2D eigenvalue weighted by Gasteiger charge is 2.07. The van der Waals surface area contributed by atoms with Gasteiger partial charge in [-0.05, 0) is 24.3 Å². The molecule has 1 heterocycles. The van der Waals surface area contributed by atoms with Crippen molar-refractivity contribution in [3.05, 3.63) is 65.0 Å². The minimum Gasteiger partial charge on any atom is -0.236 e. The molecule has 0 fully saturated rings. The van der Waals surface area contributed by atoms with E-state index in [0.29, 0.717) is 11.1 Å². The Morgan fingerprint density at radius 1 is 0.857 bits per heavy atom. The molecule has 21 heavy (non-hydrogen) atoms. The monoisotopic (exact) mass is 287 g/mol. The van der Waals surface area contributed by atoms with Crippen LogP contribution in [0.25, 0.3) is 21.8 Å². The van der Waals surface area contributed by atoms with Crippen molar-refractivity contribution >= 4 is 11.3 Å². The summed E-state index contributed by atoms with van der Waals surface area (Å²) in [5, 5.41) is 20.7. The van der Waals surface area contributed by atoms with Crippen LogP contribution in [0.1, 0.15) is 11.1 Å². The highest BCUT2D eigenvalue weighted by atomic mass is 32.1. The molecule has 0 saturated carbocycles. The molecule has 0 N–H and O–H groups in total. The summed E-state index contributed by atoms with van der Waals surface area (Å²) in [6.45, 7) is 0. The fourth-order valence-electron chi connectivity index (χ4n) is 2.01. The zero-order chi connectivity index (χ0) is 14.7. The summed E-state index contributed by atoms with van der Waals surface area (Å²) in [6.07, 6.45) is 0. The Hall–Kier alpha value is -2.95. The minimum atomic E-state index is 0.619. The number of hydrogen-bond acceptors (Lipinski definition) is 4. The molecule has 0 saturated heterocycles. The van der Waals surface area contributed by atoms with Crippen molar-refractivity contribution in [2.45, 2.75) is 0 Å². The zero-order valence-corrected chi connectivity index (χ0v) is 11.8. The van der Waals surface area contributed by atoms with E-state index in [0.717, 1.165) is 21.8 Å². The minimum absolute atomic E-state index is 0.619. The third-order valence-corrected chi connectivity index (χ3v) is 3.92. The second-order valence-corrected chi connectivity index (χ2v) is 5.28. The normalized spacial score (nSPS) is 9.81. The molecule has 4 heteroatoms. The van der Waals surface area contributed by atoms with Crippen LogP contribution in [0.15, 0.2) is 53.9 Å². The molecule has 2 aromatic carbocycles. The Labute approximate surface area is 126 Å². The Bertz CT molecular complexity index is 809. The highest BCUT2D eigenvalue weighted by molar-refractivity contribution is 7.13. The van der Waals surface area contributed by atoms with Gasteiger partial charge in [0.25, 0.3) is 0 Å². The van der Waals surface area contributed by atoms with Crippen LogP contribution < -0.4 is 0 Å². The van der Waals surface area contributed by atoms with Crippen molar-refractivity contribution in [2.75, 3.05) is 0 Å². The number of nitriles is 2. The van der Waals surface area contributed by atoms with Gasteiger partial charge in [0.05, 0.1) is 29.0 Å². The summed E-state index contributed by atoms with van der Waals surface area (Å²) >= 11 is 1.53. The molecular weight excluding hydrogens is 278 g/mol. The molecule has 0 spiro atoms. The molecule has 3 aromatic rings. The summed E-state index contributed by atoms with van der Waals surface area (Å²) in [4.78, 5) is 4.60. The summed E-state index contributed by atoms with van der Waals surface area (Å²) in [5.74, 6) is 0. The lowest BCUT2D eigenvalue weighted by Crippen LogP contribution is -1.82. The smallest absolute Gasteiger partial charge is 0.124 e. The maximum Gasteiger partial charge on any atom is 0.124 e. The van der Waals surface area contributed by atoms with Gasteiger partial charge >= 0.3 is 0 Å². The van der Waals surface area contributed by atoms with Gasteiger partial charge in [-0.2, -0.15) is 10.5 Å². The van der Waals surface area contributed by atoms with Gasteiger partial charge in [0.15, 0.2) is 0 Å². The van der Waals surface area contributed by atoms with Crippen LogP contribution in [-0.4, -0.2) is 4.98 Å². The zero-order valence-electron chi connectivity index (χ0n) is 10.9. The first-order valence-corrected chi connectivity index (χ1v) is 7.15. The molecule has 1 aromatic heterocycles. The largest absolute Gasteiger partial charge is 0.236 e. The third kappa shape index (κ3) is 2.67. The number of nitrogens with zero attached hydrogens (tertiary/aromatic N) is 3. The Morgan fingerprint density at radius 2 is 1.48 bits per heavy atom. The molecule has 98 valence electrons. The van der Waals surface area contributed by atoms with E-state index in [-0.39, 0.29) is 0 Å². The maximum atomic E-state index is 8.95. The van der Waals surface area contributed by atoms with Crippen molar-refractivity contribution in [3.63, 3.8) is 0 Å². The SMILES string of the molecule is N#Cc1cccc(-c2csc(-c3cccc(C#N)c3)n2)c1. The van der Waals surface area contributed by atoms with Crippen molar-refractivity contribution < 1.29 is 0 Å². The summed E-state index contributed by atoms with van der Waals surface area (Å²) in [7, 11) is 0. The number of benzene rings is 2. The topological polar surface area (TPSA) is 60.5 Å². The van der Waals surface area contributed by atoms with E-state index in [9.17, 15) is 0 Å². The van der Waals surface area contributed by atoms with Crippen molar-refractivity contribution in [2.24, 2.45) is 0 Å². The standard InChI is InChI=1S/C17H9N3S/c18-9-12-3-1-5-14(7-12)16-11-21-17(20-16)15-6-2-4-13(8-15)10-19/h1-8,11H. The van der Waals surface area contributed by atoms with Crippen LogP contribution in [0.5, 0.6) is 0 Å². The lowest BCUT2D eigenvalue weighted by atomic mass is 10.1. The van der Waals surface area contributed by atoms with Crippen LogP contribution >= 0.6 is 11.3 Å². The predicted molar refractivity (Wildman–Crippen MR) is 82.4 cm³/mol.